The Labute approximate surface area is 172 Å². The minimum absolute atomic E-state index is 0.0213. The molecule has 1 unspecified atom stereocenters. The van der Waals surface area contributed by atoms with Crippen LogP contribution in [0.4, 0.5) is 5.69 Å². The van der Waals surface area contributed by atoms with E-state index in [1.165, 1.54) is 10.6 Å². The van der Waals surface area contributed by atoms with Crippen LogP contribution >= 0.6 is 0 Å². The molecular weight excluding hydrogens is 386 g/mol. The SMILES string of the molecule is CS(=O)(=O)N1CCCc2cc(C(=O)N3CCCCCC3c3ccncc3)ccc21. The summed E-state index contributed by atoms with van der Waals surface area (Å²) in [6.45, 7) is 1.23. The van der Waals surface area contributed by atoms with Gasteiger partial charge in [0.25, 0.3) is 5.91 Å². The highest BCUT2D eigenvalue weighted by Gasteiger charge is 2.29. The fraction of sp³-hybridized carbons (Fsp3) is 0.455. The van der Waals surface area contributed by atoms with Crippen LogP contribution in [-0.4, -0.2) is 43.6 Å². The number of fused-ring (bicyclic) bond motifs is 1. The molecule has 154 valence electrons. The Morgan fingerprint density at radius 3 is 2.59 bits per heavy atom. The number of anilines is 1. The third-order valence-electron chi connectivity index (χ3n) is 5.91. The molecule has 1 atom stereocenters. The molecule has 4 rings (SSSR count). The molecule has 0 radical (unpaired) electrons. The lowest BCUT2D eigenvalue weighted by atomic mass is 9.98. The number of likely N-dealkylation sites (tertiary alicyclic amines) is 1. The summed E-state index contributed by atoms with van der Waals surface area (Å²) in [6.07, 6.45) is 10.5. The van der Waals surface area contributed by atoms with Crippen molar-refractivity contribution >= 4 is 21.6 Å². The molecule has 1 amide bonds. The van der Waals surface area contributed by atoms with Crippen molar-refractivity contribution in [2.45, 2.75) is 44.6 Å². The Morgan fingerprint density at radius 2 is 1.83 bits per heavy atom. The smallest absolute Gasteiger partial charge is 0.254 e. The second kappa shape index (κ2) is 8.14. The van der Waals surface area contributed by atoms with Crippen LogP contribution in [0.3, 0.4) is 0 Å². The molecule has 29 heavy (non-hydrogen) atoms. The highest BCUT2D eigenvalue weighted by molar-refractivity contribution is 7.92. The van der Waals surface area contributed by atoms with Gasteiger partial charge in [-0.1, -0.05) is 12.8 Å². The first kappa shape index (κ1) is 19.9. The van der Waals surface area contributed by atoms with E-state index in [1.54, 1.807) is 24.5 Å². The third-order valence-corrected chi connectivity index (χ3v) is 7.09. The molecule has 3 heterocycles. The lowest BCUT2D eigenvalue weighted by Gasteiger charge is -2.32. The molecule has 1 aromatic carbocycles. The van der Waals surface area contributed by atoms with E-state index in [2.05, 4.69) is 4.98 Å². The van der Waals surface area contributed by atoms with Crippen molar-refractivity contribution in [1.29, 1.82) is 0 Å². The van der Waals surface area contributed by atoms with Crippen LogP contribution in [0.15, 0.2) is 42.7 Å². The van der Waals surface area contributed by atoms with Crippen LogP contribution in [0, 0.1) is 0 Å². The summed E-state index contributed by atoms with van der Waals surface area (Å²) >= 11 is 0. The van der Waals surface area contributed by atoms with Crippen molar-refractivity contribution in [3.05, 3.63) is 59.4 Å². The van der Waals surface area contributed by atoms with Gasteiger partial charge in [0.1, 0.15) is 0 Å². The van der Waals surface area contributed by atoms with E-state index < -0.39 is 10.0 Å². The van der Waals surface area contributed by atoms with E-state index in [4.69, 9.17) is 0 Å². The van der Waals surface area contributed by atoms with Gasteiger partial charge in [-0.25, -0.2) is 8.42 Å². The number of hydrogen-bond donors (Lipinski definition) is 0. The summed E-state index contributed by atoms with van der Waals surface area (Å²) in [6, 6.07) is 9.50. The first-order valence-corrected chi connectivity index (χ1v) is 12.1. The van der Waals surface area contributed by atoms with Crippen molar-refractivity contribution in [3.63, 3.8) is 0 Å². The molecule has 2 aliphatic rings. The van der Waals surface area contributed by atoms with Gasteiger partial charge in [-0.3, -0.25) is 14.1 Å². The van der Waals surface area contributed by atoms with Gasteiger partial charge >= 0.3 is 0 Å². The normalized spacial score (nSPS) is 20.1. The topological polar surface area (TPSA) is 70.6 Å². The zero-order chi connectivity index (χ0) is 20.4. The monoisotopic (exact) mass is 413 g/mol. The summed E-state index contributed by atoms with van der Waals surface area (Å²) in [5.74, 6) is 0.0213. The van der Waals surface area contributed by atoms with Gasteiger partial charge in [0.2, 0.25) is 10.0 Å². The highest BCUT2D eigenvalue weighted by atomic mass is 32.2. The summed E-state index contributed by atoms with van der Waals surface area (Å²) in [4.78, 5) is 19.6. The van der Waals surface area contributed by atoms with Crippen LogP contribution < -0.4 is 4.31 Å². The Hall–Kier alpha value is -2.41. The molecule has 2 aromatic rings. The molecule has 1 aromatic heterocycles. The summed E-state index contributed by atoms with van der Waals surface area (Å²) in [5.41, 5.74) is 3.40. The van der Waals surface area contributed by atoms with Gasteiger partial charge in [0, 0.05) is 31.0 Å². The predicted octanol–water partition coefficient (Wildman–Crippen LogP) is 3.55. The quantitative estimate of drug-likeness (QED) is 0.772. The second-order valence-electron chi connectivity index (χ2n) is 7.93. The third kappa shape index (κ3) is 4.15. The first-order chi connectivity index (χ1) is 13.9. The zero-order valence-electron chi connectivity index (χ0n) is 16.8. The first-order valence-electron chi connectivity index (χ1n) is 10.3. The number of hydrogen-bond acceptors (Lipinski definition) is 4. The summed E-state index contributed by atoms with van der Waals surface area (Å²) in [5, 5.41) is 0. The van der Waals surface area contributed by atoms with Crippen molar-refractivity contribution in [2.75, 3.05) is 23.7 Å². The molecule has 0 saturated carbocycles. The molecule has 1 saturated heterocycles. The minimum Gasteiger partial charge on any atom is -0.332 e. The van der Waals surface area contributed by atoms with Crippen LogP contribution in [0.1, 0.15) is 59.6 Å². The molecule has 0 aliphatic carbocycles. The number of rotatable bonds is 3. The van der Waals surface area contributed by atoms with Gasteiger partial charge < -0.3 is 4.90 Å². The van der Waals surface area contributed by atoms with Crippen LogP contribution in [0.5, 0.6) is 0 Å². The molecule has 7 heteroatoms. The summed E-state index contributed by atoms with van der Waals surface area (Å²) < 4.78 is 25.6. The average Bonchev–Trinajstić information content (AvgIpc) is 2.98. The van der Waals surface area contributed by atoms with Crippen molar-refractivity contribution in [1.82, 2.24) is 9.88 Å². The van der Waals surface area contributed by atoms with Gasteiger partial charge in [-0.15, -0.1) is 0 Å². The van der Waals surface area contributed by atoms with Crippen LogP contribution in [-0.2, 0) is 16.4 Å². The van der Waals surface area contributed by atoms with E-state index >= 15 is 0 Å². The van der Waals surface area contributed by atoms with Gasteiger partial charge in [-0.05, 0) is 67.1 Å². The fourth-order valence-corrected chi connectivity index (χ4v) is 5.49. The zero-order valence-corrected chi connectivity index (χ0v) is 17.6. The predicted molar refractivity (Wildman–Crippen MR) is 113 cm³/mol. The molecule has 0 spiro atoms. The molecule has 0 N–H and O–H groups in total. The van der Waals surface area contributed by atoms with Crippen molar-refractivity contribution < 1.29 is 13.2 Å². The molecule has 6 nitrogen and oxygen atoms in total. The molecule has 2 aliphatic heterocycles. The molecule has 0 bridgehead atoms. The number of nitrogens with zero attached hydrogens (tertiary/aromatic N) is 3. The maximum absolute atomic E-state index is 13.5. The Kier molecular flexibility index (Phi) is 5.58. The summed E-state index contributed by atoms with van der Waals surface area (Å²) in [7, 11) is -3.31. The Balaban J connectivity index is 1.66. The number of aromatic nitrogens is 1. The number of amides is 1. The highest BCUT2D eigenvalue weighted by Crippen LogP contribution is 2.33. The number of aryl methyl sites for hydroxylation is 1. The number of sulfonamides is 1. The Bertz CT molecular complexity index is 992. The largest absolute Gasteiger partial charge is 0.332 e. The van der Waals surface area contributed by atoms with E-state index in [1.807, 2.05) is 23.1 Å². The van der Waals surface area contributed by atoms with E-state index in [0.29, 0.717) is 17.8 Å². The number of pyridine rings is 1. The lowest BCUT2D eigenvalue weighted by Crippen LogP contribution is -2.36. The maximum atomic E-state index is 13.5. The standard InChI is InChI=1S/C22H27N3O3S/c1-29(27,28)25-15-5-6-18-16-19(8-9-21(18)25)22(26)24-14-4-2-3-7-20(24)17-10-12-23-13-11-17/h8-13,16,20H,2-7,14-15H2,1H3. The number of carbonyl (C=O) groups excluding carboxylic acids is 1. The molecule has 1 fully saturated rings. The van der Waals surface area contributed by atoms with Crippen LogP contribution in [0.25, 0.3) is 0 Å². The number of benzene rings is 1. The van der Waals surface area contributed by atoms with Crippen molar-refractivity contribution in [2.24, 2.45) is 0 Å². The van der Waals surface area contributed by atoms with Gasteiger partial charge in [0.05, 0.1) is 18.0 Å². The fourth-order valence-electron chi connectivity index (χ4n) is 4.49. The van der Waals surface area contributed by atoms with Crippen molar-refractivity contribution in [3.8, 4) is 0 Å². The Morgan fingerprint density at radius 1 is 1.03 bits per heavy atom. The molecular formula is C22H27N3O3S. The number of carbonyl (C=O) groups is 1. The average molecular weight is 414 g/mol. The van der Waals surface area contributed by atoms with Crippen LogP contribution in [0.2, 0.25) is 0 Å². The maximum Gasteiger partial charge on any atom is 0.254 e. The van der Waals surface area contributed by atoms with E-state index in [0.717, 1.165) is 56.2 Å². The second-order valence-corrected chi connectivity index (χ2v) is 9.83. The minimum atomic E-state index is -3.31. The van der Waals surface area contributed by atoms with Gasteiger partial charge in [-0.2, -0.15) is 0 Å². The van der Waals surface area contributed by atoms with Gasteiger partial charge in [0.15, 0.2) is 0 Å². The lowest BCUT2D eigenvalue weighted by molar-refractivity contribution is 0.0680. The van der Waals surface area contributed by atoms with E-state index in [9.17, 15) is 13.2 Å². The van der Waals surface area contributed by atoms with E-state index in [-0.39, 0.29) is 11.9 Å².